The molecule has 1 aromatic rings. The predicted octanol–water partition coefficient (Wildman–Crippen LogP) is 0.651. The standard InChI is InChI=1S/C9H16N4/c1-7(2)8-3-9(8,10)4-13-6-11-5-12-13/h5-8H,3-4,10H2,1-2H3. The van der Waals surface area contributed by atoms with Crippen LogP contribution < -0.4 is 5.73 Å². The fourth-order valence-corrected chi connectivity index (χ4v) is 2.05. The molecule has 1 aliphatic carbocycles. The van der Waals surface area contributed by atoms with E-state index in [-0.39, 0.29) is 5.54 Å². The number of rotatable bonds is 3. The lowest BCUT2D eigenvalue weighted by molar-refractivity contribution is 0.415. The van der Waals surface area contributed by atoms with E-state index in [4.69, 9.17) is 5.73 Å². The van der Waals surface area contributed by atoms with Gasteiger partial charge in [0, 0.05) is 5.54 Å². The smallest absolute Gasteiger partial charge is 0.137 e. The summed E-state index contributed by atoms with van der Waals surface area (Å²) < 4.78 is 1.82. The molecular weight excluding hydrogens is 164 g/mol. The Labute approximate surface area is 78.1 Å². The number of nitrogens with two attached hydrogens (primary N) is 1. The number of hydrogen-bond donors (Lipinski definition) is 1. The Balaban J connectivity index is 1.97. The van der Waals surface area contributed by atoms with Crippen LogP contribution in [-0.4, -0.2) is 20.3 Å². The summed E-state index contributed by atoms with van der Waals surface area (Å²) in [5, 5.41) is 4.06. The average molecular weight is 180 g/mol. The lowest BCUT2D eigenvalue weighted by atomic mass is 10.0. The van der Waals surface area contributed by atoms with Crippen LogP contribution in [0.15, 0.2) is 12.7 Å². The monoisotopic (exact) mass is 180 g/mol. The Morgan fingerprint density at radius 2 is 2.46 bits per heavy atom. The van der Waals surface area contributed by atoms with Gasteiger partial charge in [0.05, 0.1) is 6.54 Å². The molecule has 72 valence electrons. The third-order valence-electron chi connectivity index (χ3n) is 2.91. The maximum absolute atomic E-state index is 6.19. The third-order valence-corrected chi connectivity index (χ3v) is 2.91. The molecule has 0 bridgehead atoms. The second kappa shape index (κ2) is 2.80. The van der Waals surface area contributed by atoms with Crippen molar-refractivity contribution < 1.29 is 0 Å². The van der Waals surface area contributed by atoms with Crippen molar-refractivity contribution in [3.05, 3.63) is 12.7 Å². The van der Waals surface area contributed by atoms with Crippen molar-refractivity contribution in [1.29, 1.82) is 0 Å². The molecule has 2 unspecified atom stereocenters. The summed E-state index contributed by atoms with van der Waals surface area (Å²) in [7, 11) is 0. The highest BCUT2D eigenvalue weighted by atomic mass is 15.3. The highest BCUT2D eigenvalue weighted by Gasteiger charge is 2.52. The van der Waals surface area contributed by atoms with E-state index < -0.39 is 0 Å². The van der Waals surface area contributed by atoms with Gasteiger partial charge in [-0.05, 0) is 18.3 Å². The third kappa shape index (κ3) is 1.58. The minimum absolute atomic E-state index is 0.0259. The van der Waals surface area contributed by atoms with Gasteiger partial charge in [0.2, 0.25) is 0 Å². The highest BCUT2D eigenvalue weighted by molar-refractivity contribution is 5.08. The van der Waals surface area contributed by atoms with Gasteiger partial charge in [-0.25, -0.2) is 4.98 Å². The van der Waals surface area contributed by atoms with E-state index in [1.807, 2.05) is 4.68 Å². The molecule has 13 heavy (non-hydrogen) atoms. The Morgan fingerprint density at radius 1 is 1.69 bits per heavy atom. The van der Waals surface area contributed by atoms with Crippen molar-refractivity contribution in [2.45, 2.75) is 32.4 Å². The zero-order valence-electron chi connectivity index (χ0n) is 8.14. The Kier molecular flexibility index (Phi) is 1.87. The van der Waals surface area contributed by atoms with E-state index in [1.54, 1.807) is 12.7 Å². The Hall–Kier alpha value is -0.900. The normalized spacial score (nSPS) is 32.5. The minimum atomic E-state index is -0.0259. The molecule has 2 rings (SSSR count). The molecule has 1 aromatic heterocycles. The number of aromatic nitrogens is 3. The van der Waals surface area contributed by atoms with Crippen molar-refractivity contribution >= 4 is 0 Å². The van der Waals surface area contributed by atoms with Gasteiger partial charge >= 0.3 is 0 Å². The van der Waals surface area contributed by atoms with Crippen molar-refractivity contribution in [2.24, 2.45) is 17.6 Å². The lowest BCUT2D eigenvalue weighted by Gasteiger charge is -2.12. The van der Waals surface area contributed by atoms with Gasteiger partial charge < -0.3 is 5.73 Å². The zero-order chi connectivity index (χ0) is 9.47. The van der Waals surface area contributed by atoms with Crippen LogP contribution in [-0.2, 0) is 6.54 Å². The highest BCUT2D eigenvalue weighted by Crippen LogP contribution is 2.47. The molecule has 1 heterocycles. The molecule has 0 aromatic carbocycles. The topological polar surface area (TPSA) is 56.7 Å². The molecular formula is C9H16N4. The van der Waals surface area contributed by atoms with Gasteiger partial charge in [-0.2, -0.15) is 5.10 Å². The molecule has 0 spiro atoms. The molecule has 4 heteroatoms. The summed E-state index contributed by atoms with van der Waals surface area (Å²) in [5.41, 5.74) is 6.17. The van der Waals surface area contributed by atoms with Gasteiger partial charge in [0.25, 0.3) is 0 Å². The minimum Gasteiger partial charge on any atom is -0.323 e. The molecule has 0 radical (unpaired) electrons. The molecule has 1 saturated carbocycles. The van der Waals surface area contributed by atoms with Crippen LogP contribution in [0.1, 0.15) is 20.3 Å². The summed E-state index contributed by atoms with van der Waals surface area (Å²) in [5.74, 6) is 1.32. The first kappa shape index (κ1) is 8.69. The van der Waals surface area contributed by atoms with Crippen LogP contribution in [0.4, 0.5) is 0 Å². The zero-order valence-corrected chi connectivity index (χ0v) is 8.14. The fourth-order valence-electron chi connectivity index (χ4n) is 2.05. The number of nitrogens with zero attached hydrogens (tertiary/aromatic N) is 3. The molecule has 1 aliphatic rings. The first-order chi connectivity index (χ1) is 6.12. The second-order valence-electron chi connectivity index (χ2n) is 4.38. The molecule has 2 N–H and O–H groups in total. The van der Waals surface area contributed by atoms with Crippen LogP contribution in [0.25, 0.3) is 0 Å². The van der Waals surface area contributed by atoms with E-state index in [1.165, 1.54) is 0 Å². The van der Waals surface area contributed by atoms with Gasteiger partial charge in [-0.3, -0.25) is 4.68 Å². The van der Waals surface area contributed by atoms with Crippen molar-refractivity contribution in [3.8, 4) is 0 Å². The fraction of sp³-hybridized carbons (Fsp3) is 0.778. The van der Waals surface area contributed by atoms with Crippen LogP contribution in [0.2, 0.25) is 0 Å². The van der Waals surface area contributed by atoms with Crippen molar-refractivity contribution in [1.82, 2.24) is 14.8 Å². The number of hydrogen-bond acceptors (Lipinski definition) is 3. The van der Waals surface area contributed by atoms with Crippen LogP contribution in [0, 0.1) is 11.8 Å². The first-order valence-electron chi connectivity index (χ1n) is 4.73. The summed E-state index contributed by atoms with van der Waals surface area (Å²) >= 11 is 0. The second-order valence-corrected chi connectivity index (χ2v) is 4.38. The maximum atomic E-state index is 6.19. The van der Waals surface area contributed by atoms with Crippen molar-refractivity contribution in [2.75, 3.05) is 0 Å². The lowest BCUT2D eigenvalue weighted by Crippen LogP contribution is -2.32. The van der Waals surface area contributed by atoms with E-state index in [0.29, 0.717) is 11.8 Å². The molecule has 0 saturated heterocycles. The van der Waals surface area contributed by atoms with E-state index >= 15 is 0 Å². The van der Waals surface area contributed by atoms with Gasteiger partial charge in [-0.1, -0.05) is 13.8 Å². The summed E-state index contributed by atoms with van der Waals surface area (Å²) in [4.78, 5) is 3.90. The van der Waals surface area contributed by atoms with Gasteiger partial charge in [-0.15, -0.1) is 0 Å². The van der Waals surface area contributed by atoms with Crippen LogP contribution >= 0.6 is 0 Å². The molecule has 0 aliphatic heterocycles. The summed E-state index contributed by atoms with van der Waals surface area (Å²) in [6.07, 6.45) is 4.39. The summed E-state index contributed by atoms with van der Waals surface area (Å²) in [6.45, 7) is 5.25. The molecule has 2 atom stereocenters. The van der Waals surface area contributed by atoms with E-state index in [9.17, 15) is 0 Å². The SMILES string of the molecule is CC(C)C1CC1(N)Cn1cncn1. The Bertz CT molecular complexity index is 280. The molecule has 0 amide bonds. The largest absolute Gasteiger partial charge is 0.323 e. The van der Waals surface area contributed by atoms with Gasteiger partial charge in [0.15, 0.2) is 0 Å². The molecule has 4 nitrogen and oxygen atoms in total. The van der Waals surface area contributed by atoms with Crippen LogP contribution in [0.5, 0.6) is 0 Å². The average Bonchev–Trinajstić information content (AvgIpc) is 2.50. The predicted molar refractivity (Wildman–Crippen MR) is 49.9 cm³/mol. The van der Waals surface area contributed by atoms with E-state index in [2.05, 4.69) is 23.9 Å². The van der Waals surface area contributed by atoms with Crippen molar-refractivity contribution in [3.63, 3.8) is 0 Å². The summed E-state index contributed by atoms with van der Waals surface area (Å²) in [6, 6.07) is 0. The van der Waals surface area contributed by atoms with Gasteiger partial charge in [0.1, 0.15) is 12.7 Å². The molecule has 1 fully saturated rings. The quantitative estimate of drug-likeness (QED) is 0.743. The first-order valence-corrected chi connectivity index (χ1v) is 4.73. The van der Waals surface area contributed by atoms with Crippen LogP contribution in [0.3, 0.4) is 0 Å². The Morgan fingerprint density at radius 3 is 2.92 bits per heavy atom. The maximum Gasteiger partial charge on any atom is 0.137 e. The van der Waals surface area contributed by atoms with E-state index in [0.717, 1.165) is 13.0 Å².